The molecule has 2 bridgehead atoms. The molecule has 2 N–H and O–H groups in total. The van der Waals surface area contributed by atoms with Crippen LogP contribution in [0.1, 0.15) is 75.7 Å². The van der Waals surface area contributed by atoms with Crippen LogP contribution < -0.4 is 0 Å². The van der Waals surface area contributed by atoms with Crippen molar-refractivity contribution in [1.82, 2.24) is 0 Å². The lowest BCUT2D eigenvalue weighted by Crippen LogP contribution is -2.37. The molecule has 3 rings (SSSR count). The molecule has 4 atom stereocenters. The van der Waals surface area contributed by atoms with Crippen molar-refractivity contribution >= 4 is 21.9 Å². The third kappa shape index (κ3) is 5.55. The van der Waals surface area contributed by atoms with Gasteiger partial charge < -0.3 is 14.9 Å². The highest BCUT2D eigenvalue weighted by atomic mass is 79.9. The average molecular weight is 503 g/mol. The van der Waals surface area contributed by atoms with Gasteiger partial charge in [0.05, 0.1) is 11.2 Å². The predicted octanol–water partition coefficient (Wildman–Crippen LogP) is 6.41. The molecular formula is C27H35BrO4. The van der Waals surface area contributed by atoms with Gasteiger partial charge in [-0.3, -0.25) is 0 Å². The molecule has 2 aliphatic rings. The number of esters is 1. The molecule has 0 spiro atoms. The van der Waals surface area contributed by atoms with E-state index in [-0.39, 0.29) is 16.5 Å². The topological polar surface area (TPSA) is 66.8 Å². The molecule has 1 aromatic rings. The molecule has 0 saturated carbocycles. The number of rotatable bonds is 1. The summed E-state index contributed by atoms with van der Waals surface area (Å²) in [6, 6.07) is 4.93. The van der Waals surface area contributed by atoms with Gasteiger partial charge in [0.1, 0.15) is 11.9 Å². The number of hydrogen-bond donors (Lipinski definition) is 2. The lowest BCUT2D eigenvalue weighted by molar-refractivity contribution is 0.0150. The Kier molecular flexibility index (Phi) is 7.72. The number of ether oxygens (including phenoxy) is 1. The Bertz CT molecular complexity index is 956. The van der Waals surface area contributed by atoms with Gasteiger partial charge in [0, 0.05) is 10.7 Å². The molecule has 1 aliphatic carbocycles. The number of halogens is 1. The van der Waals surface area contributed by atoms with E-state index in [1.807, 2.05) is 13.8 Å². The Balaban J connectivity index is 2.03. The molecule has 1 aromatic carbocycles. The third-order valence-corrected chi connectivity index (χ3v) is 8.48. The molecule has 1 aliphatic heterocycles. The number of allylic oxidation sites excluding steroid dienone is 4. The van der Waals surface area contributed by atoms with Gasteiger partial charge in [-0.1, -0.05) is 45.3 Å². The summed E-state index contributed by atoms with van der Waals surface area (Å²) >= 11 is 3.74. The number of phenolic OH excluding ortho intramolecular Hbond substituents is 1. The number of phenols is 1. The van der Waals surface area contributed by atoms with Gasteiger partial charge in [-0.25, -0.2) is 4.79 Å². The van der Waals surface area contributed by atoms with E-state index in [4.69, 9.17) is 4.74 Å². The van der Waals surface area contributed by atoms with Crippen LogP contribution in [0.4, 0.5) is 0 Å². The quantitative estimate of drug-likeness (QED) is 0.264. The number of carbonyl (C=O) groups excluding carboxylic acids is 1. The fourth-order valence-corrected chi connectivity index (χ4v) is 5.20. The molecule has 0 aromatic heterocycles. The molecule has 0 saturated heterocycles. The first kappa shape index (κ1) is 24.8. The number of benzene rings is 1. The number of aromatic hydroxyl groups is 1. The summed E-state index contributed by atoms with van der Waals surface area (Å²) in [4.78, 5) is 12.8. The highest BCUT2D eigenvalue weighted by Gasteiger charge is 2.33. The number of fused-ring (bicyclic) bond motifs is 3. The predicted molar refractivity (Wildman–Crippen MR) is 132 cm³/mol. The maximum Gasteiger partial charge on any atom is 0.338 e. The smallest absolute Gasteiger partial charge is 0.338 e. The summed E-state index contributed by atoms with van der Waals surface area (Å²) in [6.45, 7) is 12.0. The Hall–Kier alpha value is -1.85. The normalized spacial score (nSPS) is 29.9. The van der Waals surface area contributed by atoms with E-state index in [1.54, 1.807) is 18.2 Å². The lowest BCUT2D eigenvalue weighted by Gasteiger charge is -2.33. The van der Waals surface area contributed by atoms with Crippen molar-refractivity contribution in [3.63, 3.8) is 0 Å². The minimum absolute atomic E-state index is 0.0904. The molecule has 4 nitrogen and oxygen atoms in total. The van der Waals surface area contributed by atoms with Crippen LogP contribution in [0.5, 0.6) is 5.75 Å². The first-order valence-corrected chi connectivity index (χ1v) is 12.3. The summed E-state index contributed by atoms with van der Waals surface area (Å²) in [5, 5.41) is 21.7. The van der Waals surface area contributed by atoms with Crippen molar-refractivity contribution in [1.29, 1.82) is 0 Å². The molecule has 174 valence electrons. The van der Waals surface area contributed by atoms with Gasteiger partial charge in [-0.05, 0) is 95.6 Å². The zero-order valence-electron chi connectivity index (χ0n) is 19.6. The Morgan fingerprint density at radius 1 is 1.25 bits per heavy atom. The maximum absolute atomic E-state index is 12.9. The van der Waals surface area contributed by atoms with Crippen LogP contribution in [0.3, 0.4) is 0 Å². The van der Waals surface area contributed by atoms with Gasteiger partial charge >= 0.3 is 5.97 Å². The Morgan fingerprint density at radius 3 is 2.66 bits per heavy atom. The molecule has 1 heterocycles. The first-order valence-electron chi connectivity index (χ1n) is 11.4. The van der Waals surface area contributed by atoms with E-state index >= 15 is 0 Å². The number of carbonyl (C=O) groups is 1. The third-order valence-electron chi connectivity index (χ3n) is 7.04. The summed E-state index contributed by atoms with van der Waals surface area (Å²) in [5.41, 5.74) is 4.88. The second-order valence-electron chi connectivity index (χ2n) is 9.71. The zero-order valence-corrected chi connectivity index (χ0v) is 21.2. The average Bonchev–Trinajstić information content (AvgIpc) is 2.73. The van der Waals surface area contributed by atoms with Crippen LogP contribution in [-0.2, 0) is 11.2 Å². The van der Waals surface area contributed by atoms with E-state index in [2.05, 4.69) is 42.4 Å². The van der Waals surface area contributed by atoms with E-state index in [1.165, 1.54) is 16.7 Å². The molecule has 32 heavy (non-hydrogen) atoms. The fraction of sp³-hybridized carbons (Fsp3) is 0.519. The molecular weight excluding hydrogens is 468 g/mol. The van der Waals surface area contributed by atoms with Crippen molar-refractivity contribution in [2.75, 3.05) is 0 Å². The van der Waals surface area contributed by atoms with E-state index in [0.29, 0.717) is 24.8 Å². The standard InChI is InChI=1S/C27H35BrO4/c1-16(2)24-12-13-27(5,31)25(28)11-9-21-17(3)6-7-18(4)22(21)15-20-14-19(26(30)32-24)8-10-23(20)29/h6,8,10,14,21,24-25,29,31H,1,7,9,11-13,15H2,2-5H3/t21?,24-,25+,27?/m0/s1. The Morgan fingerprint density at radius 2 is 1.97 bits per heavy atom. The largest absolute Gasteiger partial charge is 0.508 e. The Labute approximate surface area is 200 Å². The van der Waals surface area contributed by atoms with Crippen LogP contribution in [0.2, 0.25) is 0 Å². The van der Waals surface area contributed by atoms with Gasteiger partial charge in [-0.2, -0.15) is 0 Å². The van der Waals surface area contributed by atoms with E-state index in [0.717, 1.165) is 30.4 Å². The number of aliphatic hydroxyl groups is 1. The van der Waals surface area contributed by atoms with Crippen molar-refractivity contribution in [3.8, 4) is 5.75 Å². The van der Waals surface area contributed by atoms with Gasteiger partial charge in [0.25, 0.3) is 0 Å². The number of hydrogen-bond acceptors (Lipinski definition) is 4. The highest BCUT2D eigenvalue weighted by molar-refractivity contribution is 9.09. The first-order chi connectivity index (χ1) is 15.0. The summed E-state index contributed by atoms with van der Waals surface area (Å²) in [6.07, 6.45) is 5.98. The van der Waals surface area contributed by atoms with E-state index < -0.39 is 17.7 Å². The molecule has 0 fully saturated rings. The SMILES string of the molecule is C=C(C)[C@@H]1CCC(C)(O)[C@H](Br)CCC2C(C)=CCC(C)=C2Cc2cc(ccc2O)C(=O)O1. The van der Waals surface area contributed by atoms with Gasteiger partial charge in [0.15, 0.2) is 0 Å². The number of alkyl halides is 1. The minimum atomic E-state index is -0.943. The fourth-order valence-electron chi connectivity index (χ4n) is 4.70. The monoisotopic (exact) mass is 502 g/mol. The van der Waals surface area contributed by atoms with Crippen molar-refractivity contribution in [2.24, 2.45) is 5.92 Å². The van der Waals surface area contributed by atoms with E-state index in [9.17, 15) is 15.0 Å². The second kappa shape index (κ2) is 9.96. The highest BCUT2D eigenvalue weighted by Crippen LogP contribution is 2.39. The van der Waals surface area contributed by atoms with Crippen LogP contribution >= 0.6 is 15.9 Å². The van der Waals surface area contributed by atoms with Gasteiger partial charge in [0.2, 0.25) is 0 Å². The molecule has 5 heteroatoms. The second-order valence-corrected chi connectivity index (χ2v) is 10.8. The minimum Gasteiger partial charge on any atom is -0.508 e. The zero-order chi connectivity index (χ0) is 23.6. The van der Waals surface area contributed by atoms with Crippen LogP contribution in [0.25, 0.3) is 0 Å². The lowest BCUT2D eigenvalue weighted by atomic mass is 9.76. The molecule has 0 radical (unpaired) electrons. The maximum atomic E-state index is 12.9. The van der Waals surface area contributed by atoms with Crippen LogP contribution in [-0.4, -0.2) is 32.7 Å². The van der Waals surface area contributed by atoms with Crippen molar-refractivity contribution < 1.29 is 19.7 Å². The van der Waals surface area contributed by atoms with Crippen molar-refractivity contribution in [3.05, 3.63) is 64.3 Å². The summed E-state index contributed by atoms with van der Waals surface area (Å²) in [5.74, 6) is 0.00362. The number of cyclic esters (lactones) is 1. The van der Waals surface area contributed by atoms with Gasteiger partial charge in [-0.15, -0.1) is 0 Å². The van der Waals surface area contributed by atoms with Crippen LogP contribution in [0.15, 0.2) is 53.1 Å². The summed E-state index contributed by atoms with van der Waals surface area (Å²) in [7, 11) is 0. The van der Waals surface area contributed by atoms with Crippen LogP contribution in [0, 0.1) is 5.92 Å². The molecule has 0 amide bonds. The van der Waals surface area contributed by atoms with Crippen molar-refractivity contribution in [2.45, 2.75) is 82.8 Å². The summed E-state index contributed by atoms with van der Waals surface area (Å²) < 4.78 is 5.77. The molecule has 2 unspecified atom stereocenters.